The van der Waals surface area contributed by atoms with Crippen molar-refractivity contribution in [2.24, 2.45) is 23.7 Å². The summed E-state index contributed by atoms with van der Waals surface area (Å²) in [5.74, 6) is 0.895. The summed E-state index contributed by atoms with van der Waals surface area (Å²) in [6.45, 7) is 13.4. The first-order valence-corrected chi connectivity index (χ1v) is 9.94. The van der Waals surface area contributed by atoms with Crippen molar-refractivity contribution in [1.29, 1.82) is 0 Å². The summed E-state index contributed by atoms with van der Waals surface area (Å²) in [4.78, 5) is 11.8. The number of aliphatic hydroxyl groups is 2. The summed E-state index contributed by atoms with van der Waals surface area (Å²) < 4.78 is 5.88. The maximum Gasteiger partial charge on any atom is 0.302 e. The molecule has 0 saturated heterocycles. The third-order valence-electron chi connectivity index (χ3n) is 6.50. The topological polar surface area (TPSA) is 66.8 Å². The van der Waals surface area contributed by atoms with Gasteiger partial charge in [-0.1, -0.05) is 30.7 Å². The standard InChI is InChI=1S/C22H36O4/c1-13-7-11-18(14(2)9-12-19(24)22(5,6)25)21(26-16(4)23)20-15(3)8-10-17(13)20/h8,14,17-21,24-25H,1,7,9-12H2,2-6H3/t14-,17+,18+,19+,20-,21-/m1/s1. The van der Waals surface area contributed by atoms with Crippen molar-refractivity contribution in [3.05, 3.63) is 23.8 Å². The second kappa shape index (κ2) is 8.26. The molecule has 26 heavy (non-hydrogen) atoms. The number of allylic oxidation sites excluding steroid dienone is 2. The lowest BCUT2D eigenvalue weighted by Crippen LogP contribution is -2.39. The van der Waals surface area contributed by atoms with Gasteiger partial charge in [0.25, 0.3) is 0 Å². The van der Waals surface area contributed by atoms with Crippen molar-refractivity contribution in [3.63, 3.8) is 0 Å². The Morgan fingerprint density at radius 1 is 1.42 bits per heavy atom. The van der Waals surface area contributed by atoms with Crippen LogP contribution in [-0.4, -0.2) is 34.0 Å². The average molecular weight is 365 g/mol. The van der Waals surface area contributed by atoms with E-state index in [1.165, 1.54) is 18.1 Å². The molecule has 4 nitrogen and oxygen atoms in total. The predicted octanol–water partition coefficient (Wildman–Crippen LogP) is 4.01. The Kier molecular flexibility index (Phi) is 6.73. The van der Waals surface area contributed by atoms with Crippen LogP contribution in [0.2, 0.25) is 0 Å². The fourth-order valence-corrected chi connectivity index (χ4v) is 4.74. The van der Waals surface area contributed by atoms with Crippen molar-refractivity contribution in [1.82, 2.24) is 0 Å². The van der Waals surface area contributed by atoms with E-state index in [4.69, 9.17) is 4.74 Å². The fourth-order valence-electron chi connectivity index (χ4n) is 4.74. The molecule has 148 valence electrons. The molecule has 0 aliphatic heterocycles. The molecule has 0 spiro atoms. The molecule has 1 fully saturated rings. The summed E-state index contributed by atoms with van der Waals surface area (Å²) in [6, 6.07) is 0. The Bertz CT molecular complexity index is 557. The number of carbonyl (C=O) groups excluding carboxylic acids is 1. The molecular formula is C22H36O4. The molecule has 0 aromatic carbocycles. The first kappa shape index (κ1) is 21.2. The number of hydrogen-bond donors (Lipinski definition) is 2. The lowest BCUT2D eigenvalue weighted by molar-refractivity contribution is -0.153. The summed E-state index contributed by atoms with van der Waals surface area (Å²) in [5.41, 5.74) is 1.48. The Morgan fingerprint density at radius 2 is 2.08 bits per heavy atom. The van der Waals surface area contributed by atoms with Gasteiger partial charge < -0.3 is 14.9 Å². The van der Waals surface area contributed by atoms with Gasteiger partial charge in [0.15, 0.2) is 0 Å². The van der Waals surface area contributed by atoms with E-state index in [-0.39, 0.29) is 29.8 Å². The van der Waals surface area contributed by atoms with Crippen LogP contribution in [0.1, 0.15) is 66.7 Å². The van der Waals surface area contributed by atoms with E-state index < -0.39 is 11.7 Å². The highest BCUT2D eigenvalue weighted by atomic mass is 16.5. The van der Waals surface area contributed by atoms with Crippen LogP contribution < -0.4 is 0 Å². The largest absolute Gasteiger partial charge is 0.462 e. The number of rotatable bonds is 6. The van der Waals surface area contributed by atoms with Crippen LogP contribution in [0.15, 0.2) is 23.8 Å². The molecule has 2 aliphatic carbocycles. The second-order valence-corrected chi connectivity index (χ2v) is 8.98. The SMILES string of the molecule is C=C1CC[C@@H]([C@H](C)CC[C@H](O)C(C)(C)O)[C@@H](OC(C)=O)[C@@H]2C(C)=CC[C@@H]12. The van der Waals surface area contributed by atoms with Gasteiger partial charge in [-0.3, -0.25) is 4.79 Å². The van der Waals surface area contributed by atoms with Crippen molar-refractivity contribution >= 4 is 5.97 Å². The lowest BCUT2D eigenvalue weighted by Gasteiger charge is -2.36. The molecular weight excluding hydrogens is 328 g/mol. The number of aliphatic hydroxyl groups excluding tert-OH is 1. The van der Waals surface area contributed by atoms with E-state index in [2.05, 4.69) is 26.5 Å². The van der Waals surface area contributed by atoms with E-state index in [0.717, 1.165) is 25.7 Å². The zero-order valence-electron chi connectivity index (χ0n) is 17.0. The van der Waals surface area contributed by atoms with Gasteiger partial charge in [0.1, 0.15) is 6.10 Å². The van der Waals surface area contributed by atoms with Crippen LogP contribution in [0.5, 0.6) is 0 Å². The molecule has 0 bridgehead atoms. The van der Waals surface area contributed by atoms with Gasteiger partial charge in [0, 0.05) is 12.8 Å². The summed E-state index contributed by atoms with van der Waals surface area (Å²) in [6.07, 6.45) is 5.62. The molecule has 0 heterocycles. The Labute approximate surface area is 158 Å². The fraction of sp³-hybridized carbons (Fsp3) is 0.773. The molecule has 0 aromatic rings. The van der Waals surface area contributed by atoms with Gasteiger partial charge in [-0.15, -0.1) is 0 Å². The normalized spacial score (nSPS) is 31.7. The number of carbonyl (C=O) groups is 1. The molecule has 2 rings (SSSR count). The van der Waals surface area contributed by atoms with Crippen LogP contribution in [0.25, 0.3) is 0 Å². The first-order valence-electron chi connectivity index (χ1n) is 9.94. The summed E-state index contributed by atoms with van der Waals surface area (Å²) >= 11 is 0. The molecule has 0 aromatic heterocycles. The third kappa shape index (κ3) is 4.77. The number of fused-ring (bicyclic) bond motifs is 1. The van der Waals surface area contributed by atoms with E-state index >= 15 is 0 Å². The van der Waals surface area contributed by atoms with Crippen LogP contribution in [0.3, 0.4) is 0 Å². The van der Waals surface area contributed by atoms with E-state index in [9.17, 15) is 15.0 Å². The van der Waals surface area contributed by atoms with Crippen LogP contribution in [-0.2, 0) is 9.53 Å². The van der Waals surface area contributed by atoms with E-state index in [1.54, 1.807) is 13.8 Å². The smallest absolute Gasteiger partial charge is 0.302 e. The number of hydrogen-bond acceptors (Lipinski definition) is 4. The molecule has 6 atom stereocenters. The Balaban J connectivity index is 2.19. The molecule has 0 amide bonds. The molecule has 1 saturated carbocycles. The number of ether oxygens (including phenoxy) is 1. The first-order chi connectivity index (χ1) is 12.0. The minimum atomic E-state index is -1.09. The predicted molar refractivity (Wildman–Crippen MR) is 103 cm³/mol. The van der Waals surface area contributed by atoms with Gasteiger partial charge in [-0.05, 0) is 70.6 Å². The molecule has 2 N–H and O–H groups in total. The van der Waals surface area contributed by atoms with Crippen molar-refractivity contribution in [2.75, 3.05) is 0 Å². The molecule has 2 aliphatic rings. The highest BCUT2D eigenvalue weighted by Gasteiger charge is 2.45. The monoisotopic (exact) mass is 364 g/mol. The third-order valence-corrected chi connectivity index (χ3v) is 6.50. The van der Waals surface area contributed by atoms with Crippen molar-refractivity contribution in [3.8, 4) is 0 Å². The molecule has 0 radical (unpaired) electrons. The minimum absolute atomic E-state index is 0.134. The minimum Gasteiger partial charge on any atom is -0.462 e. The zero-order valence-corrected chi connectivity index (χ0v) is 17.0. The molecule has 0 unspecified atom stereocenters. The maximum absolute atomic E-state index is 11.8. The van der Waals surface area contributed by atoms with Gasteiger partial charge in [-0.25, -0.2) is 0 Å². The number of esters is 1. The summed E-state index contributed by atoms with van der Waals surface area (Å²) in [5, 5.41) is 20.2. The van der Waals surface area contributed by atoms with Crippen LogP contribution >= 0.6 is 0 Å². The van der Waals surface area contributed by atoms with E-state index in [0.29, 0.717) is 12.3 Å². The lowest BCUT2D eigenvalue weighted by atomic mass is 9.75. The van der Waals surface area contributed by atoms with Gasteiger partial charge in [0.2, 0.25) is 0 Å². The van der Waals surface area contributed by atoms with Crippen LogP contribution in [0.4, 0.5) is 0 Å². The van der Waals surface area contributed by atoms with Crippen LogP contribution in [0, 0.1) is 23.7 Å². The maximum atomic E-state index is 11.8. The van der Waals surface area contributed by atoms with Gasteiger partial charge in [0.05, 0.1) is 11.7 Å². The quantitative estimate of drug-likeness (QED) is 0.552. The highest BCUT2D eigenvalue weighted by molar-refractivity contribution is 5.66. The molecule has 4 heteroatoms. The Hall–Kier alpha value is -1.13. The zero-order chi connectivity index (χ0) is 19.6. The average Bonchev–Trinajstić information content (AvgIpc) is 2.85. The van der Waals surface area contributed by atoms with Crippen molar-refractivity contribution < 1.29 is 19.7 Å². The van der Waals surface area contributed by atoms with Crippen molar-refractivity contribution in [2.45, 2.75) is 84.5 Å². The summed E-state index contributed by atoms with van der Waals surface area (Å²) in [7, 11) is 0. The van der Waals surface area contributed by atoms with Gasteiger partial charge >= 0.3 is 5.97 Å². The Morgan fingerprint density at radius 3 is 2.65 bits per heavy atom. The van der Waals surface area contributed by atoms with E-state index in [1.807, 2.05) is 0 Å². The van der Waals surface area contributed by atoms with Gasteiger partial charge in [-0.2, -0.15) is 0 Å². The second-order valence-electron chi connectivity index (χ2n) is 8.98. The highest BCUT2D eigenvalue weighted by Crippen LogP contribution is 2.48.